The second-order valence-corrected chi connectivity index (χ2v) is 5.96. The molecule has 0 spiro atoms. The summed E-state index contributed by atoms with van der Waals surface area (Å²) in [6, 6.07) is 11.5. The van der Waals surface area contributed by atoms with Gasteiger partial charge in [-0.2, -0.15) is 0 Å². The highest BCUT2D eigenvalue weighted by atomic mass is 35.5. The number of carbonyl (C=O) groups is 1. The number of ether oxygens (including phenoxy) is 1. The van der Waals surface area contributed by atoms with Gasteiger partial charge in [0.2, 0.25) is 5.91 Å². The number of phenolic OH excluding ortho intramolecular Hbond substituents is 1. The highest BCUT2D eigenvalue weighted by Gasteiger charge is 2.31. The molecule has 0 bridgehead atoms. The molecule has 0 radical (unpaired) electrons. The fourth-order valence-electron chi connectivity index (χ4n) is 2.71. The van der Waals surface area contributed by atoms with Gasteiger partial charge in [-0.3, -0.25) is 4.79 Å². The van der Waals surface area contributed by atoms with E-state index < -0.39 is 6.04 Å². The number of benzene rings is 2. The van der Waals surface area contributed by atoms with Crippen LogP contribution < -0.4 is 20.9 Å². The predicted octanol–water partition coefficient (Wildman–Crippen LogP) is 2.60. The minimum atomic E-state index is -0.446. The summed E-state index contributed by atoms with van der Waals surface area (Å²) < 4.78 is 5.23. The Labute approximate surface area is 144 Å². The zero-order chi connectivity index (χ0) is 17.1. The fraction of sp³-hybridized carbons (Fsp3) is 0.235. The largest absolute Gasteiger partial charge is 0.508 e. The lowest BCUT2D eigenvalue weighted by Gasteiger charge is -2.14. The van der Waals surface area contributed by atoms with E-state index in [-0.39, 0.29) is 17.7 Å². The first-order chi connectivity index (χ1) is 11.6. The number of para-hydroxylation sites is 1. The number of phenols is 1. The molecule has 2 aromatic rings. The van der Waals surface area contributed by atoms with E-state index in [4.69, 9.17) is 16.3 Å². The number of rotatable bonds is 4. The maximum absolute atomic E-state index is 12.5. The lowest BCUT2D eigenvalue weighted by molar-refractivity contribution is -0.117. The molecule has 126 valence electrons. The minimum Gasteiger partial charge on any atom is -0.508 e. The van der Waals surface area contributed by atoms with Crippen molar-refractivity contribution < 1.29 is 14.6 Å². The molecular formula is C17H18ClN3O3. The number of nitrogens with one attached hydrogen (secondary N) is 3. The number of halogens is 1. The lowest BCUT2D eigenvalue weighted by atomic mass is 10.0. The molecule has 1 aliphatic heterocycles. The van der Waals surface area contributed by atoms with Crippen LogP contribution in [0.15, 0.2) is 42.5 Å². The van der Waals surface area contributed by atoms with Gasteiger partial charge in [0, 0.05) is 10.6 Å². The van der Waals surface area contributed by atoms with E-state index in [1.165, 1.54) is 7.11 Å². The minimum absolute atomic E-state index is 0.150. The van der Waals surface area contributed by atoms with Crippen LogP contribution in [0.2, 0.25) is 5.02 Å². The van der Waals surface area contributed by atoms with Crippen molar-refractivity contribution in [2.45, 2.75) is 18.5 Å². The van der Waals surface area contributed by atoms with Gasteiger partial charge in [0.15, 0.2) is 0 Å². The first-order valence-corrected chi connectivity index (χ1v) is 7.89. The van der Waals surface area contributed by atoms with Crippen molar-refractivity contribution >= 4 is 23.2 Å². The molecule has 0 saturated carbocycles. The van der Waals surface area contributed by atoms with Gasteiger partial charge in [-0.25, -0.2) is 10.9 Å². The number of amides is 1. The Balaban J connectivity index is 1.69. The van der Waals surface area contributed by atoms with E-state index >= 15 is 0 Å². The first kappa shape index (κ1) is 16.6. The van der Waals surface area contributed by atoms with Crippen molar-refractivity contribution in [2.24, 2.45) is 0 Å². The molecule has 4 N–H and O–H groups in total. The lowest BCUT2D eigenvalue weighted by Crippen LogP contribution is -2.39. The molecular weight excluding hydrogens is 330 g/mol. The molecule has 24 heavy (non-hydrogen) atoms. The van der Waals surface area contributed by atoms with E-state index in [0.717, 1.165) is 5.56 Å². The quantitative estimate of drug-likeness (QED) is 0.683. The average Bonchev–Trinajstić information content (AvgIpc) is 3.05. The SMILES string of the molecule is COc1ccc(Cl)cc1NC(=O)C1CC(c2ccccc2O)NN1. The van der Waals surface area contributed by atoms with Crippen LogP contribution in [0.1, 0.15) is 18.0 Å². The Kier molecular flexibility index (Phi) is 4.89. The molecule has 6 nitrogen and oxygen atoms in total. The molecule has 1 heterocycles. The summed E-state index contributed by atoms with van der Waals surface area (Å²) in [7, 11) is 1.53. The zero-order valence-corrected chi connectivity index (χ0v) is 13.8. The summed E-state index contributed by atoms with van der Waals surface area (Å²) in [5.74, 6) is 0.534. The number of carbonyl (C=O) groups excluding carboxylic acids is 1. The van der Waals surface area contributed by atoms with Crippen LogP contribution in [0, 0.1) is 0 Å². The van der Waals surface area contributed by atoms with Crippen molar-refractivity contribution in [3.05, 3.63) is 53.1 Å². The second kappa shape index (κ2) is 7.09. The highest BCUT2D eigenvalue weighted by molar-refractivity contribution is 6.31. The van der Waals surface area contributed by atoms with Crippen LogP contribution >= 0.6 is 11.6 Å². The Hall–Kier alpha value is -2.28. The summed E-state index contributed by atoms with van der Waals surface area (Å²) in [4.78, 5) is 12.5. The topological polar surface area (TPSA) is 82.6 Å². The van der Waals surface area contributed by atoms with Crippen molar-refractivity contribution in [1.29, 1.82) is 0 Å². The maximum atomic E-state index is 12.5. The maximum Gasteiger partial charge on any atom is 0.243 e. The van der Waals surface area contributed by atoms with Gasteiger partial charge < -0.3 is 15.2 Å². The molecule has 1 aliphatic rings. The van der Waals surface area contributed by atoms with Crippen molar-refractivity contribution in [1.82, 2.24) is 10.9 Å². The third-order valence-corrected chi connectivity index (χ3v) is 4.19. The van der Waals surface area contributed by atoms with Crippen LogP contribution in [0.3, 0.4) is 0 Å². The molecule has 0 aliphatic carbocycles. The smallest absolute Gasteiger partial charge is 0.243 e. The number of hydrazine groups is 1. The van der Waals surface area contributed by atoms with Crippen LogP contribution in [0.25, 0.3) is 0 Å². The van der Waals surface area contributed by atoms with Gasteiger partial charge in [0.05, 0.1) is 18.8 Å². The number of hydrogen-bond acceptors (Lipinski definition) is 5. The van der Waals surface area contributed by atoms with E-state index in [0.29, 0.717) is 22.9 Å². The average molecular weight is 348 g/mol. The van der Waals surface area contributed by atoms with Crippen LogP contribution in [-0.2, 0) is 4.79 Å². The van der Waals surface area contributed by atoms with Crippen molar-refractivity contribution in [2.75, 3.05) is 12.4 Å². The fourth-order valence-corrected chi connectivity index (χ4v) is 2.88. The van der Waals surface area contributed by atoms with E-state index in [1.54, 1.807) is 30.3 Å². The Bertz CT molecular complexity index is 754. The Morgan fingerprint density at radius 1 is 1.29 bits per heavy atom. The van der Waals surface area contributed by atoms with Gasteiger partial charge >= 0.3 is 0 Å². The molecule has 1 fully saturated rings. The summed E-state index contributed by atoms with van der Waals surface area (Å²) in [6.45, 7) is 0. The Morgan fingerprint density at radius 2 is 2.08 bits per heavy atom. The molecule has 1 amide bonds. The predicted molar refractivity (Wildman–Crippen MR) is 92.2 cm³/mol. The molecule has 3 rings (SSSR count). The monoisotopic (exact) mass is 347 g/mol. The normalized spacial score (nSPS) is 19.9. The molecule has 7 heteroatoms. The third kappa shape index (κ3) is 3.46. The van der Waals surface area contributed by atoms with E-state index in [2.05, 4.69) is 16.2 Å². The molecule has 2 aromatic carbocycles. The first-order valence-electron chi connectivity index (χ1n) is 7.52. The van der Waals surface area contributed by atoms with Gasteiger partial charge in [0.1, 0.15) is 17.5 Å². The van der Waals surface area contributed by atoms with E-state index in [1.807, 2.05) is 12.1 Å². The molecule has 2 atom stereocenters. The van der Waals surface area contributed by atoms with Gasteiger partial charge in [-0.05, 0) is 30.7 Å². The molecule has 1 saturated heterocycles. The number of aromatic hydroxyl groups is 1. The van der Waals surface area contributed by atoms with Gasteiger partial charge in [-0.1, -0.05) is 29.8 Å². The molecule has 0 aromatic heterocycles. The van der Waals surface area contributed by atoms with Crippen molar-refractivity contribution in [3.8, 4) is 11.5 Å². The summed E-state index contributed by atoms with van der Waals surface area (Å²) >= 11 is 5.97. The summed E-state index contributed by atoms with van der Waals surface area (Å²) in [6.07, 6.45) is 0.506. The zero-order valence-electron chi connectivity index (χ0n) is 13.0. The number of hydrogen-bond donors (Lipinski definition) is 4. The van der Waals surface area contributed by atoms with Crippen LogP contribution in [0.4, 0.5) is 5.69 Å². The number of anilines is 1. The second-order valence-electron chi connectivity index (χ2n) is 5.52. The van der Waals surface area contributed by atoms with Gasteiger partial charge in [-0.15, -0.1) is 0 Å². The standard InChI is InChI=1S/C17H18ClN3O3/c1-24-16-7-6-10(18)8-13(16)19-17(23)14-9-12(20-21-14)11-4-2-3-5-15(11)22/h2-8,12,14,20-22H,9H2,1H3,(H,19,23). The number of methoxy groups -OCH3 is 1. The summed E-state index contributed by atoms with van der Waals surface area (Å²) in [5.41, 5.74) is 7.27. The van der Waals surface area contributed by atoms with Crippen molar-refractivity contribution in [3.63, 3.8) is 0 Å². The van der Waals surface area contributed by atoms with Crippen LogP contribution in [-0.4, -0.2) is 24.2 Å². The third-order valence-electron chi connectivity index (χ3n) is 3.95. The summed E-state index contributed by atoms with van der Waals surface area (Å²) in [5, 5.41) is 13.3. The molecule has 2 unspecified atom stereocenters. The van der Waals surface area contributed by atoms with E-state index in [9.17, 15) is 9.90 Å². The van der Waals surface area contributed by atoms with Gasteiger partial charge in [0.25, 0.3) is 0 Å². The van der Waals surface area contributed by atoms with Crippen LogP contribution in [0.5, 0.6) is 11.5 Å². The Morgan fingerprint density at radius 3 is 2.83 bits per heavy atom. The highest BCUT2D eigenvalue weighted by Crippen LogP contribution is 2.31.